The minimum absolute atomic E-state index is 0.199. The number of rotatable bonds is 12. The van der Waals surface area contributed by atoms with E-state index in [2.05, 4.69) is 49.6 Å². The molecule has 1 unspecified atom stereocenters. The Labute approximate surface area is 225 Å². The molecule has 0 aliphatic carbocycles. The van der Waals surface area contributed by atoms with Crippen molar-refractivity contribution < 1.29 is 9.84 Å². The fourth-order valence-electron chi connectivity index (χ4n) is 5.46. The highest BCUT2D eigenvalue weighted by atomic mass is 16.5. The summed E-state index contributed by atoms with van der Waals surface area (Å²) in [5.41, 5.74) is 3.10. The quantitative estimate of drug-likeness (QED) is 0.310. The zero-order chi connectivity index (χ0) is 26.2. The van der Waals surface area contributed by atoms with Crippen LogP contribution >= 0.6 is 0 Å². The third kappa shape index (κ3) is 6.54. The van der Waals surface area contributed by atoms with Crippen LogP contribution in [0, 0.1) is 0 Å². The smallest absolute Gasteiger partial charge is 0.213 e. The number of anilines is 2. The number of piperazine rings is 1. The molecule has 5 rings (SSSR count). The molecule has 0 aromatic carbocycles. The van der Waals surface area contributed by atoms with Crippen molar-refractivity contribution in [2.45, 2.75) is 58.0 Å². The third-order valence-corrected chi connectivity index (χ3v) is 7.65. The predicted octanol–water partition coefficient (Wildman–Crippen LogP) is 2.71. The minimum atomic E-state index is 0.199. The average molecular weight is 523 g/mol. The molecule has 3 aromatic rings. The number of hydrogen-bond acceptors (Lipinski definition) is 9. The Morgan fingerprint density at radius 1 is 1.16 bits per heavy atom. The van der Waals surface area contributed by atoms with E-state index >= 15 is 0 Å². The summed E-state index contributed by atoms with van der Waals surface area (Å²) in [5.74, 6) is 2.53. The Balaban J connectivity index is 1.22. The first kappa shape index (κ1) is 26.6. The molecular formula is C28H42N8O2. The van der Waals surface area contributed by atoms with Gasteiger partial charge in [-0.2, -0.15) is 9.61 Å². The van der Waals surface area contributed by atoms with Gasteiger partial charge in [0.25, 0.3) is 0 Å². The molecule has 5 heterocycles. The lowest BCUT2D eigenvalue weighted by molar-refractivity contribution is 0.211. The molecular weight excluding hydrogens is 480 g/mol. The molecule has 38 heavy (non-hydrogen) atoms. The van der Waals surface area contributed by atoms with Crippen molar-refractivity contribution in [3.63, 3.8) is 0 Å². The zero-order valence-corrected chi connectivity index (χ0v) is 22.6. The number of nitrogens with one attached hydrogen (secondary N) is 2. The van der Waals surface area contributed by atoms with Crippen LogP contribution in [0.15, 0.2) is 30.6 Å². The van der Waals surface area contributed by atoms with Crippen molar-refractivity contribution in [1.29, 1.82) is 0 Å². The fourth-order valence-corrected chi connectivity index (χ4v) is 5.46. The number of nitrogens with zero attached hydrogens (tertiary/aromatic N) is 6. The highest BCUT2D eigenvalue weighted by molar-refractivity contribution is 5.61. The fraction of sp³-hybridized carbons (Fsp3) is 0.607. The molecule has 0 bridgehead atoms. The van der Waals surface area contributed by atoms with Crippen molar-refractivity contribution in [3.8, 4) is 5.88 Å². The number of hydrogen-bond donors (Lipinski definition) is 3. The van der Waals surface area contributed by atoms with Crippen molar-refractivity contribution in [1.82, 2.24) is 29.8 Å². The van der Waals surface area contributed by atoms with Gasteiger partial charge in [0.15, 0.2) is 5.65 Å². The van der Waals surface area contributed by atoms with E-state index in [4.69, 9.17) is 9.72 Å². The van der Waals surface area contributed by atoms with E-state index in [1.54, 1.807) is 0 Å². The summed E-state index contributed by atoms with van der Waals surface area (Å²) < 4.78 is 7.78. The molecule has 2 aliphatic heterocycles. The normalized spacial score (nSPS) is 18.7. The van der Waals surface area contributed by atoms with Crippen LogP contribution in [0.3, 0.4) is 0 Å². The standard InChI is InChI=1S/C28H42N8O2/c1-2-23-21-32-36-25(18-26(33-28(23)36)35-13-4-3-6-24(35)9-16-37)30-19-22-7-8-27(31-20-22)38-17-5-12-34-14-10-29-11-15-34/h7-8,18,20-21,24,29-30,37H,2-6,9-17,19H2,1H3. The first-order valence-electron chi connectivity index (χ1n) is 14.2. The van der Waals surface area contributed by atoms with Gasteiger partial charge in [0, 0.05) is 82.4 Å². The zero-order valence-electron chi connectivity index (χ0n) is 22.6. The minimum Gasteiger partial charge on any atom is -0.478 e. The number of ether oxygens (including phenoxy) is 1. The second-order valence-electron chi connectivity index (χ2n) is 10.3. The molecule has 1 atom stereocenters. The highest BCUT2D eigenvalue weighted by Crippen LogP contribution is 2.29. The van der Waals surface area contributed by atoms with Gasteiger partial charge in [-0.15, -0.1) is 0 Å². The van der Waals surface area contributed by atoms with Crippen LogP contribution in [0.5, 0.6) is 5.88 Å². The van der Waals surface area contributed by atoms with Crippen molar-refractivity contribution in [2.75, 3.05) is 62.7 Å². The predicted molar refractivity (Wildman–Crippen MR) is 150 cm³/mol. The second kappa shape index (κ2) is 13.2. The molecule has 0 saturated carbocycles. The lowest BCUT2D eigenvalue weighted by atomic mass is 9.99. The van der Waals surface area contributed by atoms with Gasteiger partial charge >= 0.3 is 0 Å². The first-order chi connectivity index (χ1) is 18.7. The van der Waals surface area contributed by atoms with E-state index in [1.165, 1.54) is 6.42 Å². The molecule has 0 spiro atoms. The largest absolute Gasteiger partial charge is 0.478 e. The number of aliphatic hydroxyl groups is 1. The highest BCUT2D eigenvalue weighted by Gasteiger charge is 2.25. The average Bonchev–Trinajstić information content (AvgIpc) is 3.39. The topological polar surface area (TPSA) is 103 Å². The van der Waals surface area contributed by atoms with Crippen molar-refractivity contribution >= 4 is 17.3 Å². The van der Waals surface area contributed by atoms with E-state index in [0.29, 0.717) is 25.1 Å². The monoisotopic (exact) mass is 522 g/mol. The van der Waals surface area contributed by atoms with Gasteiger partial charge in [-0.05, 0) is 44.1 Å². The maximum absolute atomic E-state index is 9.61. The first-order valence-corrected chi connectivity index (χ1v) is 14.2. The number of fused-ring (bicyclic) bond motifs is 1. The number of piperidine rings is 1. The van der Waals surface area contributed by atoms with Gasteiger partial charge < -0.3 is 30.3 Å². The van der Waals surface area contributed by atoms with Crippen LogP contribution in [0.1, 0.15) is 50.2 Å². The van der Waals surface area contributed by atoms with Gasteiger partial charge in [-0.1, -0.05) is 13.0 Å². The summed E-state index contributed by atoms with van der Waals surface area (Å²) in [7, 11) is 0. The summed E-state index contributed by atoms with van der Waals surface area (Å²) in [6.45, 7) is 10.0. The lowest BCUT2D eigenvalue weighted by Crippen LogP contribution is -2.43. The van der Waals surface area contributed by atoms with E-state index in [1.807, 2.05) is 23.0 Å². The second-order valence-corrected chi connectivity index (χ2v) is 10.3. The van der Waals surface area contributed by atoms with Crippen molar-refractivity contribution in [3.05, 3.63) is 41.7 Å². The molecule has 2 fully saturated rings. The van der Waals surface area contributed by atoms with Gasteiger partial charge in [-0.3, -0.25) is 0 Å². The molecule has 3 aromatic heterocycles. The molecule has 0 amide bonds. The van der Waals surface area contributed by atoms with Gasteiger partial charge in [-0.25, -0.2) is 9.97 Å². The number of aliphatic hydroxyl groups excluding tert-OH is 1. The van der Waals surface area contributed by atoms with E-state index in [-0.39, 0.29) is 6.61 Å². The van der Waals surface area contributed by atoms with Gasteiger partial charge in [0.2, 0.25) is 5.88 Å². The maximum atomic E-state index is 9.61. The summed E-state index contributed by atoms with van der Waals surface area (Å²) in [6.07, 6.45) is 9.87. The van der Waals surface area contributed by atoms with Crippen molar-refractivity contribution in [2.24, 2.45) is 0 Å². The third-order valence-electron chi connectivity index (χ3n) is 7.65. The Morgan fingerprint density at radius 2 is 2.05 bits per heavy atom. The van der Waals surface area contributed by atoms with Crippen LogP contribution in [0.4, 0.5) is 11.6 Å². The molecule has 3 N–H and O–H groups in total. The molecule has 0 radical (unpaired) electrons. The van der Waals surface area contributed by atoms with Gasteiger partial charge in [0.05, 0.1) is 12.8 Å². The lowest BCUT2D eigenvalue weighted by Gasteiger charge is -2.36. The summed E-state index contributed by atoms with van der Waals surface area (Å²) >= 11 is 0. The summed E-state index contributed by atoms with van der Waals surface area (Å²) in [5, 5.41) is 21.2. The van der Waals surface area contributed by atoms with Crippen LogP contribution < -0.4 is 20.3 Å². The molecule has 2 saturated heterocycles. The van der Waals surface area contributed by atoms with E-state index in [0.717, 1.165) is 99.8 Å². The van der Waals surface area contributed by atoms with Gasteiger partial charge in [0.1, 0.15) is 11.6 Å². The Bertz CT molecular complexity index is 1140. The van der Waals surface area contributed by atoms with Crippen LogP contribution in [-0.4, -0.2) is 88.1 Å². The molecule has 2 aliphatic rings. The summed E-state index contributed by atoms with van der Waals surface area (Å²) in [6, 6.07) is 6.43. The maximum Gasteiger partial charge on any atom is 0.213 e. The summed E-state index contributed by atoms with van der Waals surface area (Å²) in [4.78, 5) is 14.4. The van der Waals surface area contributed by atoms with Crippen LogP contribution in [0.25, 0.3) is 5.65 Å². The molecule has 10 nitrogen and oxygen atoms in total. The number of aryl methyl sites for hydroxylation is 1. The van der Waals surface area contributed by atoms with Crippen LogP contribution in [0.2, 0.25) is 0 Å². The Morgan fingerprint density at radius 3 is 2.84 bits per heavy atom. The number of aromatic nitrogens is 4. The van der Waals surface area contributed by atoms with E-state index in [9.17, 15) is 5.11 Å². The SMILES string of the molecule is CCc1cnn2c(NCc3ccc(OCCCN4CCNCC4)nc3)cc(N3CCCCC3CCO)nc12. The Hall–Kier alpha value is -2.95. The van der Waals surface area contributed by atoms with E-state index < -0.39 is 0 Å². The molecule has 10 heteroatoms. The molecule has 206 valence electrons. The Kier molecular flexibility index (Phi) is 9.27. The number of pyridine rings is 1. The van der Waals surface area contributed by atoms with Crippen LogP contribution in [-0.2, 0) is 13.0 Å².